The van der Waals surface area contributed by atoms with Crippen molar-refractivity contribution in [2.45, 2.75) is 6.61 Å². The second-order valence-electron chi connectivity index (χ2n) is 6.31. The number of non-ortho nitro benzene ring substituents is 1. The Hall–Kier alpha value is -2.83. The molecule has 0 aliphatic heterocycles. The smallest absolute Gasteiger partial charge is 0.301 e. The first kappa shape index (κ1) is 23.8. The van der Waals surface area contributed by atoms with E-state index in [1.165, 1.54) is 12.3 Å². The fraction of sp³-hybridized carbons (Fsp3) is 0.0500. The molecule has 9 nitrogen and oxygen atoms in total. The van der Waals surface area contributed by atoms with Crippen LogP contribution in [0.1, 0.15) is 11.1 Å². The van der Waals surface area contributed by atoms with Gasteiger partial charge in [-0.3, -0.25) is 25.7 Å². The molecule has 1 N–H and O–H groups in total. The molecule has 0 heterocycles. The first-order valence-electron chi connectivity index (χ1n) is 8.83. The number of hydrazone groups is 1. The summed E-state index contributed by atoms with van der Waals surface area (Å²) in [6.07, 6.45) is 1.46. The minimum absolute atomic E-state index is 0.0319. The van der Waals surface area contributed by atoms with Gasteiger partial charge in [0.25, 0.3) is 5.69 Å². The molecule has 0 aromatic heterocycles. The van der Waals surface area contributed by atoms with Gasteiger partial charge in [0.1, 0.15) is 18.0 Å². The van der Waals surface area contributed by atoms with Crippen LogP contribution in [0.2, 0.25) is 0 Å². The number of anilines is 1. The van der Waals surface area contributed by atoms with E-state index in [1.807, 2.05) is 24.3 Å². The van der Waals surface area contributed by atoms with Crippen molar-refractivity contribution in [3.05, 3.63) is 99.4 Å². The standard InChI is InChI=1S/C20H13Br3N4O5/c21-14-3-1-12(2-4-14)11-32-20-16(22)7-13(8-17(20)23)10-24-25-18-6-5-15(26(28)29)9-19(18)27(30)31/h1-10,25H,11H2/b24-10-. The fourth-order valence-electron chi connectivity index (χ4n) is 2.58. The van der Waals surface area contributed by atoms with Crippen LogP contribution in [-0.2, 0) is 6.61 Å². The van der Waals surface area contributed by atoms with Gasteiger partial charge in [-0.05, 0) is 73.3 Å². The van der Waals surface area contributed by atoms with Gasteiger partial charge in [-0.15, -0.1) is 0 Å². The van der Waals surface area contributed by atoms with Crippen LogP contribution in [0.15, 0.2) is 73.1 Å². The molecule has 12 heteroatoms. The van der Waals surface area contributed by atoms with Gasteiger partial charge in [0.2, 0.25) is 0 Å². The molecule has 0 amide bonds. The predicted molar refractivity (Wildman–Crippen MR) is 131 cm³/mol. The van der Waals surface area contributed by atoms with Gasteiger partial charge in [-0.2, -0.15) is 5.10 Å². The zero-order valence-electron chi connectivity index (χ0n) is 16.0. The van der Waals surface area contributed by atoms with Gasteiger partial charge in [0.05, 0.1) is 31.1 Å². The Labute approximate surface area is 207 Å². The normalized spacial score (nSPS) is 10.8. The lowest BCUT2D eigenvalue weighted by atomic mass is 10.2. The molecular formula is C20H13Br3N4O5. The molecule has 0 saturated heterocycles. The Morgan fingerprint density at radius 2 is 1.59 bits per heavy atom. The van der Waals surface area contributed by atoms with Crippen LogP contribution in [0.5, 0.6) is 5.75 Å². The highest BCUT2D eigenvalue weighted by Crippen LogP contribution is 2.35. The van der Waals surface area contributed by atoms with E-state index in [1.54, 1.807) is 12.1 Å². The Bertz CT molecular complexity index is 1180. The van der Waals surface area contributed by atoms with E-state index in [0.29, 0.717) is 26.9 Å². The van der Waals surface area contributed by atoms with Crippen molar-refractivity contribution in [3.8, 4) is 5.75 Å². The van der Waals surface area contributed by atoms with Gasteiger partial charge in [0, 0.05) is 10.5 Å². The van der Waals surface area contributed by atoms with E-state index >= 15 is 0 Å². The number of nitrogens with one attached hydrogen (secondary N) is 1. The lowest BCUT2D eigenvalue weighted by Crippen LogP contribution is -1.99. The largest absolute Gasteiger partial charge is 0.487 e. The molecule has 3 aromatic carbocycles. The molecule has 0 aliphatic carbocycles. The van der Waals surface area contributed by atoms with Crippen LogP contribution in [0.25, 0.3) is 0 Å². The van der Waals surface area contributed by atoms with E-state index in [0.717, 1.165) is 22.2 Å². The Kier molecular flexibility index (Phi) is 7.94. The molecule has 0 spiro atoms. The van der Waals surface area contributed by atoms with Crippen molar-refractivity contribution in [1.29, 1.82) is 0 Å². The molecule has 0 bridgehead atoms. The summed E-state index contributed by atoms with van der Waals surface area (Å²) in [5.74, 6) is 0.615. The monoisotopic (exact) mass is 626 g/mol. The maximum absolute atomic E-state index is 11.2. The second-order valence-corrected chi connectivity index (χ2v) is 8.94. The van der Waals surface area contributed by atoms with Gasteiger partial charge in [0.15, 0.2) is 0 Å². The number of ether oxygens (including phenoxy) is 1. The van der Waals surface area contributed by atoms with Crippen LogP contribution in [0.3, 0.4) is 0 Å². The molecule has 0 fully saturated rings. The van der Waals surface area contributed by atoms with Crippen molar-refractivity contribution < 1.29 is 14.6 Å². The third kappa shape index (κ3) is 6.11. The van der Waals surface area contributed by atoms with Crippen LogP contribution in [0.4, 0.5) is 17.1 Å². The first-order valence-corrected chi connectivity index (χ1v) is 11.2. The van der Waals surface area contributed by atoms with Crippen molar-refractivity contribution >= 4 is 71.1 Å². The molecule has 0 saturated carbocycles. The number of hydrogen-bond donors (Lipinski definition) is 1. The van der Waals surface area contributed by atoms with Crippen molar-refractivity contribution in [2.24, 2.45) is 5.10 Å². The number of nitrogens with zero attached hydrogens (tertiary/aromatic N) is 3. The third-order valence-corrected chi connectivity index (χ3v) is 5.81. The fourth-order valence-corrected chi connectivity index (χ4v) is 4.30. The van der Waals surface area contributed by atoms with Gasteiger partial charge in [-0.1, -0.05) is 28.1 Å². The van der Waals surface area contributed by atoms with Crippen LogP contribution in [-0.4, -0.2) is 16.1 Å². The Morgan fingerprint density at radius 3 is 2.19 bits per heavy atom. The molecule has 164 valence electrons. The molecular weight excluding hydrogens is 616 g/mol. The highest BCUT2D eigenvalue weighted by Gasteiger charge is 2.19. The van der Waals surface area contributed by atoms with E-state index in [9.17, 15) is 20.2 Å². The SMILES string of the molecule is O=[N+]([O-])c1ccc(N/N=C\c2cc(Br)c(OCc3ccc(Br)cc3)c(Br)c2)c([N+](=O)[O-])c1. The first-order chi connectivity index (χ1) is 15.2. The zero-order chi connectivity index (χ0) is 23.3. The molecule has 3 rings (SSSR count). The summed E-state index contributed by atoms with van der Waals surface area (Å²) >= 11 is 10.3. The van der Waals surface area contributed by atoms with E-state index in [2.05, 4.69) is 58.3 Å². The highest BCUT2D eigenvalue weighted by molar-refractivity contribution is 9.11. The summed E-state index contributed by atoms with van der Waals surface area (Å²) in [4.78, 5) is 20.6. The third-order valence-electron chi connectivity index (χ3n) is 4.10. The number of benzene rings is 3. The summed E-state index contributed by atoms with van der Waals surface area (Å²) in [7, 11) is 0. The molecule has 0 unspecified atom stereocenters. The van der Waals surface area contributed by atoms with Gasteiger partial charge in [-0.25, -0.2) is 0 Å². The highest BCUT2D eigenvalue weighted by atomic mass is 79.9. The van der Waals surface area contributed by atoms with E-state index in [-0.39, 0.29) is 11.4 Å². The molecule has 3 aromatic rings. The van der Waals surface area contributed by atoms with Crippen LogP contribution in [0, 0.1) is 20.2 Å². The quantitative estimate of drug-likeness (QED) is 0.166. The van der Waals surface area contributed by atoms with Crippen molar-refractivity contribution in [2.75, 3.05) is 5.43 Å². The maximum atomic E-state index is 11.2. The summed E-state index contributed by atoms with van der Waals surface area (Å²) in [6, 6.07) is 14.6. The molecule has 0 atom stereocenters. The summed E-state index contributed by atoms with van der Waals surface area (Å²) < 4.78 is 8.26. The average Bonchev–Trinajstić information content (AvgIpc) is 2.74. The minimum atomic E-state index is -0.713. The maximum Gasteiger partial charge on any atom is 0.301 e. The summed E-state index contributed by atoms with van der Waals surface area (Å²) in [5.41, 5.74) is 3.44. The summed E-state index contributed by atoms with van der Waals surface area (Å²) in [6.45, 7) is 0.378. The Balaban J connectivity index is 1.72. The lowest BCUT2D eigenvalue weighted by molar-refractivity contribution is -0.393. The van der Waals surface area contributed by atoms with Crippen molar-refractivity contribution in [1.82, 2.24) is 0 Å². The minimum Gasteiger partial charge on any atom is -0.487 e. The van der Waals surface area contributed by atoms with Crippen LogP contribution < -0.4 is 10.2 Å². The van der Waals surface area contributed by atoms with E-state index in [4.69, 9.17) is 4.74 Å². The van der Waals surface area contributed by atoms with E-state index < -0.39 is 15.5 Å². The number of rotatable bonds is 8. The predicted octanol–water partition coefficient (Wildman–Crippen LogP) is 6.82. The topological polar surface area (TPSA) is 120 Å². The second kappa shape index (κ2) is 10.7. The number of nitro benzene ring substituents is 2. The van der Waals surface area contributed by atoms with Crippen molar-refractivity contribution in [3.63, 3.8) is 0 Å². The number of nitro groups is 2. The molecule has 0 aliphatic rings. The molecule has 0 radical (unpaired) electrons. The number of hydrogen-bond acceptors (Lipinski definition) is 7. The summed E-state index contributed by atoms with van der Waals surface area (Å²) in [5, 5.41) is 26.0. The zero-order valence-corrected chi connectivity index (χ0v) is 20.8. The lowest BCUT2D eigenvalue weighted by Gasteiger charge is -2.11. The Morgan fingerprint density at radius 1 is 0.938 bits per heavy atom. The number of halogens is 3. The van der Waals surface area contributed by atoms with Gasteiger partial charge < -0.3 is 4.74 Å². The van der Waals surface area contributed by atoms with Gasteiger partial charge >= 0.3 is 5.69 Å². The average molecular weight is 629 g/mol. The molecule has 32 heavy (non-hydrogen) atoms. The van der Waals surface area contributed by atoms with Crippen LogP contribution >= 0.6 is 47.8 Å².